The Labute approximate surface area is 82.1 Å². The van der Waals surface area contributed by atoms with Crippen LogP contribution in [-0.2, 0) is 6.54 Å². The van der Waals surface area contributed by atoms with Crippen LogP contribution >= 0.6 is 0 Å². The standard InChI is InChI=1S/C11H11NO2/c12-8-10-6-7-11(14-10)13-9-4-2-1-3-5-9/h1-7H,8,12H2. The van der Waals surface area contributed by atoms with E-state index in [1.54, 1.807) is 12.1 Å². The lowest BCUT2D eigenvalue weighted by Gasteiger charge is -2.00. The zero-order valence-corrected chi connectivity index (χ0v) is 7.64. The Hall–Kier alpha value is -1.74. The van der Waals surface area contributed by atoms with Gasteiger partial charge in [0.1, 0.15) is 11.5 Å². The molecule has 0 spiro atoms. The molecule has 2 N–H and O–H groups in total. The molecule has 0 aliphatic rings. The van der Waals surface area contributed by atoms with Crippen LogP contribution in [0.3, 0.4) is 0 Å². The van der Waals surface area contributed by atoms with Gasteiger partial charge < -0.3 is 14.9 Å². The molecule has 3 nitrogen and oxygen atoms in total. The lowest BCUT2D eigenvalue weighted by atomic mass is 10.3. The normalized spacial score (nSPS) is 10.1. The summed E-state index contributed by atoms with van der Waals surface area (Å²) in [7, 11) is 0. The van der Waals surface area contributed by atoms with E-state index < -0.39 is 0 Å². The van der Waals surface area contributed by atoms with Gasteiger partial charge in [-0.25, -0.2) is 0 Å². The Kier molecular flexibility index (Phi) is 2.51. The maximum absolute atomic E-state index is 5.44. The summed E-state index contributed by atoms with van der Waals surface area (Å²) in [5.41, 5.74) is 5.41. The summed E-state index contributed by atoms with van der Waals surface area (Å²) < 4.78 is 10.7. The molecule has 0 bridgehead atoms. The molecule has 0 fully saturated rings. The zero-order chi connectivity index (χ0) is 9.80. The Bertz CT molecular complexity index is 395. The summed E-state index contributed by atoms with van der Waals surface area (Å²) in [6.07, 6.45) is 0. The van der Waals surface area contributed by atoms with Crippen LogP contribution in [0.2, 0.25) is 0 Å². The number of rotatable bonds is 3. The van der Waals surface area contributed by atoms with E-state index in [0.717, 1.165) is 11.5 Å². The van der Waals surface area contributed by atoms with Crippen molar-refractivity contribution in [3.05, 3.63) is 48.2 Å². The molecule has 2 aromatic rings. The highest BCUT2D eigenvalue weighted by Gasteiger charge is 2.01. The second kappa shape index (κ2) is 3.98. The van der Waals surface area contributed by atoms with Gasteiger partial charge in [-0.1, -0.05) is 18.2 Å². The van der Waals surface area contributed by atoms with Crippen molar-refractivity contribution in [2.75, 3.05) is 0 Å². The molecule has 0 unspecified atom stereocenters. The van der Waals surface area contributed by atoms with Crippen LogP contribution in [0.25, 0.3) is 0 Å². The molecular formula is C11H11NO2. The Morgan fingerprint density at radius 1 is 1.07 bits per heavy atom. The fraction of sp³-hybridized carbons (Fsp3) is 0.0909. The van der Waals surface area contributed by atoms with Gasteiger partial charge >= 0.3 is 0 Å². The van der Waals surface area contributed by atoms with Gasteiger partial charge in [-0.15, -0.1) is 0 Å². The average molecular weight is 189 g/mol. The second-order valence-electron chi connectivity index (χ2n) is 2.84. The second-order valence-corrected chi connectivity index (χ2v) is 2.84. The van der Waals surface area contributed by atoms with Gasteiger partial charge in [-0.05, 0) is 18.2 Å². The van der Waals surface area contributed by atoms with E-state index in [2.05, 4.69) is 0 Å². The van der Waals surface area contributed by atoms with Crippen LogP contribution in [0.4, 0.5) is 0 Å². The molecule has 1 aromatic heterocycles. The van der Waals surface area contributed by atoms with E-state index in [0.29, 0.717) is 12.5 Å². The fourth-order valence-corrected chi connectivity index (χ4v) is 1.13. The van der Waals surface area contributed by atoms with Crippen LogP contribution in [0, 0.1) is 0 Å². The number of ether oxygens (including phenoxy) is 1. The van der Waals surface area contributed by atoms with Crippen molar-refractivity contribution in [3.63, 3.8) is 0 Å². The highest BCUT2D eigenvalue weighted by atomic mass is 16.6. The predicted octanol–water partition coefficient (Wildman–Crippen LogP) is 2.53. The first kappa shape index (κ1) is 8.84. The molecule has 1 aromatic carbocycles. The molecule has 0 amide bonds. The minimum atomic E-state index is 0.387. The van der Waals surface area contributed by atoms with Crippen molar-refractivity contribution in [1.29, 1.82) is 0 Å². The molecule has 0 aliphatic carbocycles. The SMILES string of the molecule is NCc1ccc(Oc2ccccc2)o1. The van der Waals surface area contributed by atoms with Gasteiger partial charge in [-0.2, -0.15) is 0 Å². The Morgan fingerprint density at radius 2 is 1.86 bits per heavy atom. The van der Waals surface area contributed by atoms with E-state index in [9.17, 15) is 0 Å². The predicted molar refractivity (Wildman–Crippen MR) is 53.1 cm³/mol. The van der Waals surface area contributed by atoms with Crippen LogP contribution in [0.15, 0.2) is 46.9 Å². The van der Waals surface area contributed by atoms with Gasteiger partial charge in [0.2, 0.25) is 0 Å². The van der Waals surface area contributed by atoms with Crippen molar-refractivity contribution < 1.29 is 9.15 Å². The first-order valence-electron chi connectivity index (χ1n) is 4.40. The number of nitrogens with two attached hydrogens (primary N) is 1. The van der Waals surface area contributed by atoms with E-state index in [1.807, 2.05) is 30.3 Å². The summed E-state index contributed by atoms with van der Waals surface area (Å²) >= 11 is 0. The van der Waals surface area contributed by atoms with E-state index >= 15 is 0 Å². The van der Waals surface area contributed by atoms with Crippen LogP contribution in [0.5, 0.6) is 11.7 Å². The molecule has 0 atom stereocenters. The first-order chi connectivity index (χ1) is 6.88. The summed E-state index contributed by atoms with van der Waals surface area (Å²) in [5.74, 6) is 1.94. The smallest absolute Gasteiger partial charge is 0.290 e. The summed E-state index contributed by atoms with van der Waals surface area (Å²) in [6.45, 7) is 0.387. The molecule has 3 heteroatoms. The van der Waals surface area contributed by atoms with Gasteiger partial charge in [-0.3, -0.25) is 0 Å². The molecule has 2 rings (SSSR count). The molecule has 0 aliphatic heterocycles. The number of furan rings is 1. The number of hydrogen-bond acceptors (Lipinski definition) is 3. The van der Waals surface area contributed by atoms with Gasteiger partial charge in [0.05, 0.1) is 6.54 Å². The Morgan fingerprint density at radius 3 is 2.50 bits per heavy atom. The minimum Gasteiger partial charge on any atom is -0.429 e. The van der Waals surface area contributed by atoms with E-state index in [-0.39, 0.29) is 0 Å². The average Bonchev–Trinajstić information content (AvgIpc) is 2.67. The maximum Gasteiger partial charge on any atom is 0.290 e. The largest absolute Gasteiger partial charge is 0.429 e. The van der Waals surface area contributed by atoms with Crippen LogP contribution in [0.1, 0.15) is 5.76 Å². The monoisotopic (exact) mass is 189 g/mol. The molecule has 0 saturated heterocycles. The van der Waals surface area contributed by atoms with Crippen LogP contribution < -0.4 is 10.5 Å². The molecule has 0 radical (unpaired) electrons. The molecule has 1 heterocycles. The summed E-state index contributed by atoms with van der Waals surface area (Å²) in [5, 5.41) is 0. The lowest BCUT2D eigenvalue weighted by Crippen LogP contribution is -1.92. The number of hydrogen-bond donors (Lipinski definition) is 1. The van der Waals surface area contributed by atoms with Crippen molar-refractivity contribution in [1.82, 2.24) is 0 Å². The number of para-hydroxylation sites is 1. The van der Waals surface area contributed by atoms with Crippen molar-refractivity contribution >= 4 is 0 Å². The maximum atomic E-state index is 5.44. The van der Waals surface area contributed by atoms with Crippen molar-refractivity contribution in [3.8, 4) is 11.7 Å². The topological polar surface area (TPSA) is 48.4 Å². The third-order valence-corrected chi connectivity index (χ3v) is 1.80. The highest BCUT2D eigenvalue weighted by Crippen LogP contribution is 2.22. The summed E-state index contributed by atoms with van der Waals surface area (Å²) in [4.78, 5) is 0. The van der Waals surface area contributed by atoms with Gasteiger partial charge in [0, 0.05) is 6.07 Å². The van der Waals surface area contributed by atoms with Crippen LogP contribution in [-0.4, -0.2) is 0 Å². The third kappa shape index (κ3) is 1.95. The van der Waals surface area contributed by atoms with E-state index in [1.165, 1.54) is 0 Å². The minimum absolute atomic E-state index is 0.387. The zero-order valence-electron chi connectivity index (χ0n) is 7.64. The first-order valence-corrected chi connectivity index (χ1v) is 4.40. The Balaban J connectivity index is 2.11. The molecular weight excluding hydrogens is 178 g/mol. The van der Waals surface area contributed by atoms with Gasteiger partial charge in [0.25, 0.3) is 5.95 Å². The molecule has 72 valence electrons. The lowest BCUT2D eigenvalue weighted by molar-refractivity contribution is 0.333. The van der Waals surface area contributed by atoms with Gasteiger partial charge in [0.15, 0.2) is 0 Å². The van der Waals surface area contributed by atoms with Crippen molar-refractivity contribution in [2.24, 2.45) is 5.73 Å². The number of benzene rings is 1. The molecule has 0 saturated carbocycles. The quantitative estimate of drug-likeness (QED) is 0.807. The highest BCUT2D eigenvalue weighted by molar-refractivity contribution is 5.25. The third-order valence-electron chi connectivity index (χ3n) is 1.80. The fourth-order valence-electron chi connectivity index (χ4n) is 1.13. The van der Waals surface area contributed by atoms with Crippen molar-refractivity contribution in [2.45, 2.75) is 6.54 Å². The summed E-state index contributed by atoms with van der Waals surface area (Å²) in [6, 6.07) is 13.0. The molecule has 14 heavy (non-hydrogen) atoms. The van der Waals surface area contributed by atoms with E-state index in [4.69, 9.17) is 14.9 Å².